The fourth-order valence-corrected chi connectivity index (χ4v) is 3.43. The van der Waals surface area contributed by atoms with E-state index < -0.39 is 12.7 Å². The number of amides is 1. The summed E-state index contributed by atoms with van der Waals surface area (Å²) < 4.78 is 7.38. The molecule has 4 aromatic rings. The molecule has 0 aliphatic rings. The van der Waals surface area contributed by atoms with Crippen LogP contribution in [-0.2, 0) is 4.79 Å². The van der Waals surface area contributed by atoms with Crippen LogP contribution in [-0.4, -0.2) is 50.0 Å². The molecule has 1 atom stereocenters. The summed E-state index contributed by atoms with van der Waals surface area (Å²) in [5.74, 6) is 1.34. The van der Waals surface area contributed by atoms with Gasteiger partial charge in [-0.05, 0) is 29.8 Å². The Balaban J connectivity index is 1.75. The fourth-order valence-electron chi connectivity index (χ4n) is 3.43. The van der Waals surface area contributed by atoms with Crippen molar-refractivity contribution in [2.45, 2.75) is 13.0 Å². The van der Waals surface area contributed by atoms with Gasteiger partial charge in [-0.15, -0.1) is 0 Å². The molecule has 32 heavy (non-hydrogen) atoms. The smallest absolute Gasteiger partial charge is 0.238 e. The Morgan fingerprint density at radius 3 is 2.47 bits per heavy atom. The van der Waals surface area contributed by atoms with Crippen LogP contribution in [0, 0.1) is 0 Å². The number of hydrogen-bond donors (Lipinski definition) is 3. The van der Waals surface area contributed by atoms with Crippen LogP contribution in [0.2, 0.25) is 0 Å². The van der Waals surface area contributed by atoms with Crippen molar-refractivity contribution in [3.05, 3.63) is 67.1 Å². The van der Waals surface area contributed by atoms with E-state index in [1.54, 1.807) is 6.20 Å². The van der Waals surface area contributed by atoms with Crippen LogP contribution in [0.1, 0.15) is 6.92 Å². The number of aliphatic hydroxyl groups excluding tert-OH is 2. The molecule has 2 heterocycles. The Bertz CT molecular complexity index is 1220. The lowest BCUT2D eigenvalue weighted by Crippen LogP contribution is -2.44. The highest BCUT2D eigenvalue weighted by atomic mass is 16.5. The lowest BCUT2D eigenvalue weighted by molar-refractivity contribution is -0.118. The molecule has 4 rings (SSSR count). The number of carbonyl (C=O) groups is 1. The molecule has 0 spiro atoms. The summed E-state index contributed by atoms with van der Waals surface area (Å²) in [7, 11) is 0. The van der Waals surface area contributed by atoms with Gasteiger partial charge in [0.2, 0.25) is 5.91 Å². The minimum atomic E-state index is -1.10. The number of fused-ring (bicyclic) bond motifs is 1. The minimum absolute atomic E-state index is 0.108. The Labute approximate surface area is 184 Å². The second-order valence-electron chi connectivity index (χ2n) is 7.22. The Morgan fingerprint density at radius 2 is 1.81 bits per heavy atom. The number of nitrogens with zero attached hydrogens (tertiary/aromatic N) is 4. The Kier molecular flexibility index (Phi) is 6.02. The molecule has 0 bridgehead atoms. The van der Waals surface area contributed by atoms with E-state index in [1.807, 2.05) is 54.6 Å². The maximum atomic E-state index is 12.3. The van der Waals surface area contributed by atoms with Crippen LogP contribution in [0.3, 0.4) is 0 Å². The van der Waals surface area contributed by atoms with E-state index in [2.05, 4.69) is 9.97 Å². The van der Waals surface area contributed by atoms with Gasteiger partial charge in [0.25, 0.3) is 0 Å². The third-order valence-corrected chi connectivity index (χ3v) is 4.96. The Morgan fingerprint density at radius 1 is 1.12 bits per heavy atom. The first-order chi connectivity index (χ1) is 15.5. The van der Waals surface area contributed by atoms with E-state index in [9.17, 15) is 15.0 Å². The molecule has 1 amide bonds. The summed E-state index contributed by atoms with van der Waals surface area (Å²) in [4.78, 5) is 20.7. The van der Waals surface area contributed by atoms with Crippen molar-refractivity contribution in [3.8, 4) is 22.6 Å². The molecule has 0 saturated heterocycles. The fraction of sp³-hybridized carbons (Fsp3) is 0.174. The molecule has 2 aromatic heterocycles. The first-order valence-electron chi connectivity index (χ1n) is 10.00. The molecule has 9 nitrogen and oxygen atoms in total. The van der Waals surface area contributed by atoms with Gasteiger partial charge in [0, 0.05) is 18.7 Å². The summed E-state index contributed by atoms with van der Waals surface area (Å²) in [6.45, 7) is 0.786. The summed E-state index contributed by atoms with van der Waals surface area (Å²) in [6.07, 6.45) is 1.93. The Hall–Kier alpha value is -3.95. The molecular formula is C23H23N5O4. The van der Waals surface area contributed by atoms with E-state index in [0.29, 0.717) is 22.3 Å². The number of nitrogens with two attached hydrogens (primary N) is 1. The SMILES string of the molecule is CC(=O)N(C[C@H](O)CO)n1cc(-c2ccc(Oc3ccccc3)cc2)c2c(N)ncnc21. The highest BCUT2D eigenvalue weighted by Crippen LogP contribution is 2.34. The van der Waals surface area contributed by atoms with Crippen LogP contribution in [0.5, 0.6) is 11.5 Å². The number of ether oxygens (including phenoxy) is 1. The molecule has 164 valence electrons. The largest absolute Gasteiger partial charge is 0.457 e. The third-order valence-electron chi connectivity index (χ3n) is 4.96. The first-order valence-corrected chi connectivity index (χ1v) is 10.00. The molecule has 0 fully saturated rings. The second-order valence-corrected chi connectivity index (χ2v) is 7.22. The summed E-state index contributed by atoms with van der Waals surface area (Å²) in [6, 6.07) is 16.9. The molecule has 2 aromatic carbocycles. The van der Waals surface area contributed by atoms with Crippen molar-refractivity contribution >= 4 is 22.8 Å². The van der Waals surface area contributed by atoms with Gasteiger partial charge in [0.15, 0.2) is 5.65 Å². The highest BCUT2D eigenvalue weighted by Gasteiger charge is 2.22. The second kappa shape index (κ2) is 9.04. The first kappa shape index (κ1) is 21.3. The summed E-state index contributed by atoms with van der Waals surface area (Å²) in [5.41, 5.74) is 8.11. The molecule has 9 heteroatoms. The van der Waals surface area contributed by atoms with Crippen LogP contribution >= 0.6 is 0 Å². The number of hydrogen-bond acceptors (Lipinski definition) is 7. The topological polar surface area (TPSA) is 127 Å². The van der Waals surface area contributed by atoms with E-state index in [4.69, 9.17) is 10.5 Å². The number of benzene rings is 2. The van der Waals surface area contributed by atoms with Gasteiger partial charge in [-0.1, -0.05) is 30.3 Å². The normalized spacial score (nSPS) is 12.0. The average molecular weight is 433 g/mol. The van der Waals surface area contributed by atoms with E-state index in [0.717, 1.165) is 11.3 Å². The predicted octanol–water partition coefficient (Wildman–Crippen LogP) is 2.31. The van der Waals surface area contributed by atoms with Gasteiger partial charge in [-0.2, -0.15) is 0 Å². The van der Waals surface area contributed by atoms with Gasteiger partial charge < -0.3 is 20.7 Å². The molecule has 0 radical (unpaired) electrons. The van der Waals surface area contributed by atoms with Crippen molar-refractivity contribution in [1.82, 2.24) is 14.6 Å². The summed E-state index contributed by atoms with van der Waals surface area (Å²) >= 11 is 0. The standard InChI is InChI=1S/C23H23N5O4/c1-15(30)27(11-17(31)13-29)28-12-20(21-22(24)25-14-26-23(21)28)16-7-9-19(10-8-16)32-18-5-3-2-4-6-18/h2-10,12,14,17,29,31H,11,13H2,1H3,(H2,24,25,26)/t17-/m0/s1. The quantitative estimate of drug-likeness (QED) is 0.408. The van der Waals surface area contributed by atoms with Gasteiger partial charge in [0.05, 0.1) is 24.6 Å². The van der Waals surface area contributed by atoms with Crippen LogP contribution in [0.15, 0.2) is 67.1 Å². The number of carbonyl (C=O) groups excluding carboxylic acids is 1. The zero-order valence-corrected chi connectivity index (χ0v) is 17.4. The lowest BCUT2D eigenvalue weighted by Gasteiger charge is -2.24. The van der Waals surface area contributed by atoms with Crippen molar-refractivity contribution in [1.29, 1.82) is 0 Å². The number of aliphatic hydroxyl groups is 2. The number of anilines is 1. The van der Waals surface area contributed by atoms with Gasteiger partial charge in [-0.3, -0.25) is 4.79 Å². The molecule has 0 aliphatic heterocycles. The molecule has 0 unspecified atom stereocenters. The van der Waals surface area contributed by atoms with Gasteiger partial charge >= 0.3 is 0 Å². The van der Waals surface area contributed by atoms with Crippen molar-refractivity contribution < 1.29 is 19.7 Å². The van der Waals surface area contributed by atoms with E-state index >= 15 is 0 Å². The minimum Gasteiger partial charge on any atom is -0.457 e. The number of rotatable bonds is 7. The molecule has 0 aliphatic carbocycles. The molecule has 4 N–H and O–H groups in total. The zero-order valence-electron chi connectivity index (χ0n) is 17.4. The van der Waals surface area contributed by atoms with Crippen molar-refractivity contribution in [2.24, 2.45) is 0 Å². The lowest BCUT2D eigenvalue weighted by atomic mass is 10.1. The van der Waals surface area contributed by atoms with Crippen molar-refractivity contribution in [2.75, 3.05) is 23.9 Å². The van der Waals surface area contributed by atoms with E-state index in [-0.39, 0.29) is 18.3 Å². The van der Waals surface area contributed by atoms with Gasteiger partial charge in [-0.25, -0.2) is 19.7 Å². The van der Waals surface area contributed by atoms with Crippen LogP contribution in [0.25, 0.3) is 22.2 Å². The van der Waals surface area contributed by atoms with Gasteiger partial charge in [0.1, 0.15) is 23.6 Å². The number of para-hydroxylation sites is 1. The molecular weight excluding hydrogens is 410 g/mol. The maximum absolute atomic E-state index is 12.3. The average Bonchev–Trinajstić information content (AvgIpc) is 3.19. The number of nitrogen functional groups attached to an aromatic ring is 1. The number of aromatic nitrogens is 3. The zero-order chi connectivity index (χ0) is 22.7. The van der Waals surface area contributed by atoms with Crippen LogP contribution < -0.4 is 15.5 Å². The van der Waals surface area contributed by atoms with Crippen molar-refractivity contribution in [3.63, 3.8) is 0 Å². The maximum Gasteiger partial charge on any atom is 0.238 e. The monoisotopic (exact) mass is 433 g/mol. The highest BCUT2D eigenvalue weighted by molar-refractivity contribution is 6.01. The predicted molar refractivity (Wildman–Crippen MR) is 121 cm³/mol. The third kappa shape index (κ3) is 4.25. The molecule has 0 saturated carbocycles. The van der Waals surface area contributed by atoms with Crippen LogP contribution in [0.4, 0.5) is 5.82 Å². The summed E-state index contributed by atoms with van der Waals surface area (Å²) in [5, 5.41) is 21.0. The van der Waals surface area contributed by atoms with E-state index in [1.165, 1.54) is 22.9 Å².